The molecule has 1 aliphatic carbocycles. The minimum absolute atomic E-state index is 0.524. The van der Waals surface area contributed by atoms with Gasteiger partial charge in [0.2, 0.25) is 0 Å². The highest BCUT2D eigenvalue weighted by Gasteiger charge is 2.38. The third-order valence-corrected chi connectivity index (χ3v) is 3.09. The maximum absolute atomic E-state index is 6.02. The van der Waals surface area contributed by atoms with Crippen molar-refractivity contribution in [2.45, 2.75) is 32.7 Å². The van der Waals surface area contributed by atoms with Crippen LogP contribution in [0.5, 0.6) is 0 Å². The maximum atomic E-state index is 6.02. The summed E-state index contributed by atoms with van der Waals surface area (Å²) in [7, 11) is 2.21. The molecule has 0 aromatic heterocycles. The van der Waals surface area contributed by atoms with Crippen molar-refractivity contribution in [3.63, 3.8) is 0 Å². The van der Waals surface area contributed by atoms with Crippen molar-refractivity contribution in [1.82, 2.24) is 4.90 Å². The molecule has 1 unspecified atom stereocenters. The second-order valence-electron chi connectivity index (χ2n) is 3.90. The summed E-state index contributed by atoms with van der Waals surface area (Å²) in [4.78, 5) is 2.42. The molecule has 2 bridgehead atoms. The Balaban J connectivity index is 0.000000336. The van der Waals surface area contributed by atoms with Crippen LogP contribution in [0.4, 0.5) is 0 Å². The fourth-order valence-electron chi connectivity index (χ4n) is 2.50. The molecule has 2 rings (SSSR count). The molecule has 1 saturated carbocycles. The van der Waals surface area contributed by atoms with Crippen LogP contribution in [0.3, 0.4) is 0 Å². The molecule has 2 heteroatoms. The highest BCUT2D eigenvalue weighted by molar-refractivity contribution is 4.94. The van der Waals surface area contributed by atoms with E-state index < -0.39 is 0 Å². The van der Waals surface area contributed by atoms with E-state index >= 15 is 0 Å². The molecule has 1 saturated heterocycles. The summed E-state index contributed by atoms with van der Waals surface area (Å²) in [6.07, 6.45) is 2.74. The molecule has 2 nitrogen and oxygen atoms in total. The predicted molar refractivity (Wildman–Crippen MR) is 53.0 cm³/mol. The number of nitrogens with zero attached hydrogens (tertiary/aromatic N) is 1. The summed E-state index contributed by atoms with van der Waals surface area (Å²) in [5.41, 5.74) is 6.02. The van der Waals surface area contributed by atoms with Gasteiger partial charge in [0.05, 0.1) is 0 Å². The fraction of sp³-hybridized carbons (Fsp3) is 1.00. The quantitative estimate of drug-likeness (QED) is 0.594. The Bertz CT molecular complexity index is 122. The smallest absolute Gasteiger partial charge is 0.0120 e. The molecule has 0 amide bonds. The molecular weight excluding hydrogens is 148 g/mol. The van der Waals surface area contributed by atoms with Crippen molar-refractivity contribution in [2.24, 2.45) is 17.6 Å². The van der Waals surface area contributed by atoms with Crippen LogP contribution in [-0.4, -0.2) is 31.1 Å². The Morgan fingerprint density at radius 1 is 1.08 bits per heavy atom. The van der Waals surface area contributed by atoms with Crippen LogP contribution in [0.1, 0.15) is 26.7 Å². The fourth-order valence-corrected chi connectivity index (χ4v) is 2.50. The van der Waals surface area contributed by atoms with E-state index in [0.29, 0.717) is 6.04 Å². The molecule has 12 heavy (non-hydrogen) atoms. The molecule has 2 N–H and O–H groups in total. The van der Waals surface area contributed by atoms with Crippen molar-refractivity contribution >= 4 is 0 Å². The van der Waals surface area contributed by atoms with Gasteiger partial charge in [-0.2, -0.15) is 0 Å². The van der Waals surface area contributed by atoms with Crippen molar-refractivity contribution in [1.29, 1.82) is 0 Å². The van der Waals surface area contributed by atoms with Crippen LogP contribution in [0.15, 0.2) is 0 Å². The molecule has 1 heterocycles. The third-order valence-electron chi connectivity index (χ3n) is 3.09. The number of fused-ring (bicyclic) bond motifs is 2. The van der Waals surface area contributed by atoms with Gasteiger partial charge in [0.1, 0.15) is 0 Å². The van der Waals surface area contributed by atoms with Gasteiger partial charge in [-0.1, -0.05) is 13.8 Å². The summed E-state index contributed by atoms with van der Waals surface area (Å²) >= 11 is 0. The van der Waals surface area contributed by atoms with Crippen molar-refractivity contribution in [3.8, 4) is 0 Å². The van der Waals surface area contributed by atoms with E-state index in [2.05, 4.69) is 11.9 Å². The number of piperidine rings is 1. The summed E-state index contributed by atoms with van der Waals surface area (Å²) in [5.74, 6) is 1.62. The van der Waals surface area contributed by atoms with Crippen molar-refractivity contribution in [3.05, 3.63) is 0 Å². The predicted octanol–water partition coefficient (Wildman–Crippen LogP) is 1.31. The monoisotopic (exact) mass is 170 g/mol. The van der Waals surface area contributed by atoms with E-state index in [1.54, 1.807) is 0 Å². The molecule has 2 aliphatic rings. The zero-order chi connectivity index (χ0) is 9.14. The molecule has 3 atom stereocenters. The Kier molecular flexibility index (Phi) is 3.53. The lowest BCUT2D eigenvalue weighted by Crippen LogP contribution is -2.47. The van der Waals surface area contributed by atoms with Gasteiger partial charge in [-0.05, 0) is 31.7 Å². The minimum atomic E-state index is 0.524. The van der Waals surface area contributed by atoms with Crippen molar-refractivity contribution < 1.29 is 0 Å². The van der Waals surface area contributed by atoms with Crippen LogP contribution in [-0.2, 0) is 0 Å². The Labute approximate surface area is 76.1 Å². The molecule has 0 aromatic carbocycles. The van der Waals surface area contributed by atoms with Gasteiger partial charge < -0.3 is 10.6 Å². The van der Waals surface area contributed by atoms with E-state index in [0.717, 1.165) is 11.8 Å². The van der Waals surface area contributed by atoms with Crippen LogP contribution in [0.25, 0.3) is 0 Å². The van der Waals surface area contributed by atoms with Crippen LogP contribution in [0.2, 0.25) is 0 Å². The number of nitrogens with two attached hydrogens (primary N) is 1. The van der Waals surface area contributed by atoms with Gasteiger partial charge in [0.15, 0.2) is 0 Å². The lowest BCUT2D eigenvalue weighted by atomic mass is 9.94. The third kappa shape index (κ3) is 1.80. The van der Waals surface area contributed by atoms with E-state index in [1.165, 1.54) is 25.9 Å². The molecule has 0 spiro atoms. The lowest BCUT2D eigenvalue weighted by molar-refractivity contribution is 0.177. The number of hydrogen-bond donors (Lipinski definition) is 1. The summed E-state index contributed by atoms with van der Waals surface area (Å²) in [6, 6.07) is 0.524. The van der Waals surface area contributed by atoms with Gasteiger partial charge >= 0.3 is 0 Å². The molecular formula is C10H22N2. The average molecular weight is 170 g/mol. The normalized spacial score (nSPS) is 40.5. The summed E-state index contributed by atoms with van der Waals surface area (Å²) in [6.45, 7) is 6.47. The summed E-state index contributed by atoms with van der Waals surface area (Å²) in [5, 5.41) is 0. The van der Waals surface area contributed by atoms with E-state index in [9.17, 15) is 0 Å². The van der Waals surface area contributed by atoms with Gasteiger partial charge in [-0.25, -0.2) is 0 Å². The van der Waals surface area contributed by atoms with Gasteiger partial charge in [-0.3, -0.25) is 0 Å². The topological polar surface area (TPSA) is 29.3 Å². The molecule has 0 radical (unpaired) electrons. The van der Waals surface area contributed by atoms with Crippen molar-refractivity contribution in [2.75, 3.05) is 20.1 Å². The Hall–Kier alpha value is -0.0800. The standard InChI is InChI=1S/C8H16N2.C2H6/c1-10-4-6-2-3-7(5-10)8(6)9;1-2/h6-8H,2-5,9H2,1H3;1-2H3/t6-,7+,8?;. The van der Waals surface area contributed by atoms with Crippen LogP contribution < -0.4 is 5.73 Å². The maximum Gasteiger partial charge on any atom is 0.0120 e. The van der Waals surface area contributed by atoms with Crippen LogP contribution >= 0.6 is 0 Å². The van der Waals surface area contributed by atoms with Crippen LogP contribution in [0, 0.1) is 11.8 Å². The zero-order valence-corrected chi connectivity index (χ0v) is 8.59. The first-order chi connectivity index (χ1) is 5.77. The largest absolute Gasteiger partial charge is 0.327 e. The zero-order valence-electron chi connectivity index (χ0n) is 8.59. The Morgan fingerprint density at radius 2 is 1.50 bits per heavy atom. The minimum Gasteiger partial charge on any atom is -0.327 e. The highest BCUT2D eigenvalue weighted by atomic mass is 15.1. The molecule has 72 valence electrons. The highest BCUT2D eigenvalue weighted by Crippen LogP contribution is 2.34. The second kappa shape index (κ2) is 4.24. The van der Waals surface area contributed by atoms with Gasteiger partial charge in [0, 0.05) is 19.1 Å². The molecule has 2 fully saturated rings. The second-order valence-corrected chi connectivity index (χ2v) is 3.90. The average Bonchev–Trinajstić information content (AvgIpc) is 2.35. The van der Waals surface area contributed by atoms with E-state index in [-0.39, 0.29) is 0 Å². The first-order valence-electron chi connectivity index (χ1n) is 5.21. The molecule has 0 aromatic rings. The van der Waals surface area contributed by atoms with E-state index in [4.69, 9.17) is 5.73 Å². The Morgan fingerprint density at radius 3 is 1.92 bits per heavy atom. The van der Waals surface area contributed by atoms with Gasteiger partial charge in [0.25, 0.3) is 0 Å². The number of rotatable bonds is 0. The van der Waals surface area contributed by atoms with Gasteiger partial charge in [-0.15, -0.1) is 0 Å². The number of likely N-dealkylation sites (tertiary alicyclic amines) is 1. The lowest BCUT2D eigenvalue weighted by Gasteiger charge is -2.33. The molecule has 1 aliphatic heterocycles. The first kappa shape index (κ1) is 10.0. The summed E-state index contributed by atoms with van der Waals surface area (Å²) < 4.78 is 0. The SMILES string of the molecule is CC.CN1C[C@H]2CC[C@@H](C1)C2N. The van der Waals surface area contributed by atoms with E-state index in [1.807, 2.05) is 13.8 Å². The number of hydrogen-bond acceptors (Lipinski definition) is 2. The first-order valence-corrected chi connectivity index (χ1v) is 5.21.